The first-order chi connectivity index (χ1) is 15.6. The van der Waals surface area contributed by atoms with Crippen molar-refractivity contribution in [3.05, 3.63) is 88.3 Å². The zero-order valence-electron chi connectivity index (χ0n) is 17.3. The number of benzene rings is 2. The van der Waals surface area contributed by atoms with Gasteiger partial charge in [-0.05, 0) is 17.7 Å². The molecule has 2 amide bonds. The van der Waals surface area contributed by atoms with Crippen molar-refractivity contribution in [2.75, 3.05) is 13.1 Å². The van der Waals surface area contributed by atoms with Crippen LogP contribution in [0.3, 0.4) is 0 Å². The van der Waals surface area contributed by atoms with Crippen LogP contribution in [0.1, 0.15) is 35.0 Å². The third kappa shape index (κ3) is 2.69. The molecule has 3 aliphatic heterocycles. The van der Waals surface area contributed by atoms with E-state index >= 15 is 0 Å². The highest BCUT2D eigenvalue weighted by molar-refractivity contribution is 5.94. The van der Waals surface area contributed by atoms with Crippen molar-refractivity contribution in [3.8, 4) is 5.69 Å². The van der Waals surface area contributed by atoms with E-state index in [4.69, 9.17) is 4.74 Å². The van der Waals surface area contributed by atoms with Crippen LogP contribution in [0.5, 0.6) is 0 Å². The second-order valence-electron chi connectivity index (χ2n) is 8.51. The van der Waals surface area contributed by atoms with Gasteiger partial charge in [-0.2, -0.15) is 0 Å². The van der Waals surface area contributed by atoms with Crippen LogP contribution in [-0.4, -0.2) is 56.3 Å². The summed E-state index contributed by atoms with van der Waals surface area (Å²) in [5.74, 6) is -0.290. The quantitative estimate of drug-likeness (QED) is 0.689. The molecule has 3 atom stereocenters. The SMILES string of the molecule is O=C(c1cc(=O)n(-c2ccccc2)[nH]1)N1CC[C@@]23O[C@H](c4ccccc4)CN2C(=O)C[C@@H]13. The number of aromatic amines is 1. The first-order valence-corrected chi connectivity index (χ1v) is 10.8. The first-order valence-electron chi connectivity index (χ1n) is 10.8. The lowest BCUT2D eigenvalue weighted by Crippen LogP contribution is -2.48. The van der Waals surface area contributed by atoms with Gasteiger partial charge < -0.3 is 14.5 Å². The molecule has 0 saturated carbocycles. The fourth-order valence-corrected chi connectivity index (χ4v) is 5.34. The van der Waals surface area contributed by atoms with E-state index in [-0.39, 0.29) is 41.6 Å². The van der Waals surface area contributed by atoms with Crippen molar-refractivity contribution in [1.82, 2.24) is 19.6 Å². The van der Waals surface area contributed by atoms with Gasteiger partial charge in [0.25, 0.3) is 11.5 Å². The van der Waals surface area contributed by atoms with E-state index in [1.54, 1.807) is 21.9 Å². The Balaban J connectivity index is 1.29. The number of likely N-dealkylation sites (tertiary alicyclic amines) is 1. The summed E-state index contributed by atoms with van der Waals surface area (Å²) in [7, 11) is 0. The molecular formula is C24H22N4O4. The molecule has 4 heterocycles. The summed E-state index contributed by atoms with van der Waals surface area (Å²) < 4.78 is 7.85. The molecule has 32 heavy (non-hydrogen) atoms. The molecule has 1 N–H and O–H groups in total. The predicted molar refractivity (Wildman–Crippen MR) is 115 cm³/mol. The Morgan fingerprint density at radius 3 is 2.50 bits per heavy atom. The number of H-pyrrole nitrogens is 1. The molecule has 3 saturated heterocycles. The Bertz CT molecular complexity index is 1250. The Morgan fingerprint density at radius 1 is 1.03 bits per heavy atom. The van der Waals surface area contributed by atoms with Gasteiger partial charge in [-0.3, -0.25) is 19.5 Å². The van der Waals surface area contributed by atoms with E-state index in [1.807, 2.05) is 48.5 Å². The van der Waals surface area contributed by atoms with E-state index < -0.39 is 5.72 Å². The number of nitrogens with one attached hydrogen (secondary N) is 1. The molecule has 0 radical (unpaired) electrons. The van der Waals surface area contributed by atoms with Crippen molar-refractivity contribution in [3.63, 3.8) is 0 Å². The zero-order valence-corrected chi connectivity index (χ0v) is 17.3. The van der Waals surface area contributed by atoms with Gasteiger partial charge in [-0.1, -0.05) is 48.5 Å². The minimum absolute atomic E-state index is 0.00119. The number of nitrogens with zero attached hydrogens (tertiary/aromatic N) is 3. The average Bonchev–Trinajstić information content (AvgIpc) is 3.55. The Labute approximate surface area is 184 Å². The molecule has 8 heteroatoms. The van der Waals surface area contributed by atoms with Gasteiger partial charge in [0.1, 0.15) is 11.8 Å². The fourth-order valence-electron chi connectivity index (χ4n) is 5.34. The number of carbonyl (C=O) groups is 2. The number of hydrogen-bond donors (Lipinski definition) is 1. The monoisotopic (exact) mass is 430 g/mol. The molecule has 1 spiro atoms. The van der Waals surface area contributed by atoms with Gasteiger partial charge in [-0.25, -0.2) is 4.68 Å². The van der Waals surface area contributed by atoms with Crippen LogP contribution < -0.4 is 5.56 Å². The lowest BCUT2D eigenvalue weighted by molar-refractivity contribution is -0.138. The van der Waals surface area contributed by atoms with Crippen molar-refractivity contribution >= 4 is 11.8 Å². The van der Waals surface area contributed by atoms with E-state index in [2.05, 4.69) is 5.10 Å². The van der Waals surface area contributed by atoms with Crippen molar-refractivity contribution in [1.29, 1.82) is 0 Å². The van der Waals surface area contributed by atoms with Crippen LogP contribution in [0.25, 0.3) is 5.69 Å². The Hall–Kier alpha value is -3.65. The summed E-state index contributed by atoms with van der Waals surface area (Å²) in [5.41, 5.74) is 0.784. The minimum Gasteiger partial charge on any atom is -0.343 e. The summed E-state index contributed by atoms with van der Waals surface area (Å²) in [5, 5.41) is 2.93. The second kappa shape index (κ2) is 6.93. The number of rotatable bonds is 3. The van der Waals surface area contributed by atoms with Crippen LogP contribution in [0.2, 0.25) is 0 Å². The molecule has 0 unspecified atom stereocenters. The molecule has 6 rings (SSSR count). The Morgan fingerprint density at radius 2 is 1.75 bits per heavy atom. The number of para-hydroxylation sites is 1. The molecule has 0 bridgehead atoms. The fraction of sp³-hybridized carbons (Fsp3) is 0.292. The molecule has 0 aliphatic carbocycles. The Kier molecular flexibility index (Phi) is 4.13. The van der Waals surface area contributed by atoms with Gasteiger partial charge in [0.05, 0.1) is 24.7 Å². The number of hydrogen-bond acceptors (Lipinski definition) is 4. The van der Waals surface area contributed by atoms with Crippen LogP contribution in [0.15, 0.2) is 71.5 Å². The van der Waals surface area contributed by atoms with Crippen molar-refractivity contribution in [2.24, 2.45) is 0 Å². The molecule has 8 nitrogen and oxygen atoms in total. The number of aromatic nitrogens is 2. The third-order valence-electron chi connectivity index (χ3n) is 6.83. The van der Waals surface area contributed by atoms with Gasteiger partial charge in [-0.15, -0.1) is 0 Å². The molecule has 3 aliphatic rings. The van der Waals surface area contributed by atoms with E-state index in [0.29, 0.717) is 25.2 Å². The average molecular weight is 430 g/mol. The van der Waals surface area contributed by atoms with E-state index in [9.17, 15) is 14.4 Å². The number of ether oxygens (including phenoxy) is 1. The highest BCUT2D eigenvalue weighted by Crippen LogP contribution is 2.50. The van der Waals surface area contributed by atoms with Gasteiger partial charge in [0, 0.05) is 19.0 Å². The first kappa shape index (κ1) is 19.1. The van der Waals surface area contributed by atoms with E-state index in [1.165, 1.54) is 10.7 Å². The largest absolute Gasteiger partial charge is 0.343 e. The van der Waals surface area contributed by atoms with Crippen LogP contribution >= 0.6 is 0 Å². The van der Waals surface area contributed by atoms with Crippen LogP contribution in [0.4, 0.5) is 0 Å². The normalized spacial score (nSPS) is 26.4. The smallest absolute Gasteiger partial charge is 0.272 e. The highest BCUT2D eigenvalue weighted by atomic mass is 16.5. The summed E-state index contributed by atoms with van der Waals surface area (Å²) in [4.78, 5) is 42.2. The van der Waals surface area contributed by atoms with Crippen molar-refractivity contribution < 1.29 is 14.3 Å². The van der Waals surface area contributed by atoms with Crippen LogP contribution in [-0.2, 0) is 9.53 Å². The summed E-state index contributed by atoms with van der Waals surface area (Å²) in [6.45, 7) is 0.954. The predicted octanol–water partition coefficient (Wildman–Crippen LogP) is 2.08. The van der Waals surface area contributed by atoms with E-state index in [0.717, 1.165) is 5.56 Å². The molecule has 3 aromatic rings. The maximum Gasteiger partial charge on any atom is 0.272 e. The molecule has 3 fully saturated rings. The second-order valence-corrected chi connectivity index (χ2v) is 8.51. The summed E-state index contributed by atoms with van der Waals surface area (Å²) in [6.07, 6.45) is 0.580. The maximum atomic E-state index is 13.4. The van der Waals surface area contributed by atoms with Gasteiger partial charge in [0.15, 0.2) is 5.72 Å². The third-order valence-corrected chi connectivity index (χ3v) is 6.83. The molecular weight excluding hydrogens is 408 g/mol. The molecule has 1 aromatic heterocycles. The van der Waals surface area contributed by atoms with Gasteiger partial charge >= 0.3 is 0 Å². The minimum atomic E-state index is -0.796. The van der Waals surface area contributed by atoms with Crippen molar-refractivity contribution in [2.45, 2.75) is 30.7 Å². The lowest BCUT2D eigenvalue weighted by Gasteiger charge is -2.31. The summed E-state index contributed by atoms with van der Waals surface area (Å²) in [6, 6.07) is 19.9. The molecule has 2 aromatic carbocycles. The highest BCUT2D eigenvalue weighted by Gasteiger charge is 2.65. The standard InChI is InChI=1S/C24H22N4O4/c29-21-14-20-24(27(21)15-19(32-24)16-7-3-1-4-8-16)11-12-26(20)23(31)18-13-22(30)28(25-18)17-9-5-2-6-10-17/h1-10,13,19-20,25H,11-12,14-15H2/t19-,20+,24-/m0/s1. The van der Waals surface area contributed by atoms with Crippen LogP contribution in [0, 0.1) is 0 Å². The maximum absolute atomic E-state index is 13.4. The lowest BCUT2D eigenvalue weighted by atomic mass is 10.1. The summed E-state index contributed by atoms with van der Waals surface area (Å²) >= 11 is 0. The number of carbonyl (C=O) groups excluding carboxylic acids is 2. The zero-order chi connectivity index (χ0) is 21.9. The molecule has 162 valence electrons. The van der Waals surface area contributed by atoms with Gasteiger partial charge in [0.2, 0.25) is 5.91 Å². The number of amides is 2. The topological polar surface area (TPSA) is 87.6 Å².